The highest BCUT2D eigenvalue weighted by Gasteiger charge is 2.23. The van der Waals surface area contributed by atoms with E-state index in [1.54, 1.807) is 19.2 Å². The predicted octanol–water partition coefficient (Wildman–Crippen LogP) is 4.04. The Morgan fingerprint density at radius 3 is 2.45 bits per heavy atom. The fraction of sp³-hybridized carbons (Fsp3) is 0.200. The molecule has 0 atom stereocenters. The average Bonchev–Trinajstić information content (AvgIpc) is 2.48. The van der Waals surface area contributed by atoms with Crippen LogP contribution in [-0.2, 0) is 11.3 Å². The van der Waals surface area contributed by atoms with Crippen molar-refractivity contribution in [3.8, 4) is 5.75 Å². The molecule has 0 unspecified atom stereocenters. The van der Waals surface area contributed by atoms with E-state index < -0.39 is 16.4 Å². The van der Waals surface area contributed by atoms with E-state index in [1.807, 2.05) is 12.1 Å². The summed E-state index contributed by atoms with van der Waals surface area (Å²) in [7, 11) is 2.99. The lowest BCUT2D eigenvalue weighted by molar-refractivity contribution is -0.390. The average molecular weight is 323 g/mol. The van der Waals surface area contributed by atoms with Gasteiger partial charge in [0.25, 0.3) is 0 Å². The zero-order valence-electron chi connectivity index (χ0n) is 12.0. The molecule has 0 fully saturated rings. The van der Waals surface area contributed by atoms with Crippen LogP contribution in [0.1, 0.15) is 5.56 Å². The SMILES string of the molecule is COCc1ccc(Sc2cc(OC)cc(F)c2[N+](=O)[O-])cc1. The Labute approximate surface area is 131 Å². The summed E-state index contributed by atoms with van der Waals surface area (Å²) in [5.41, 5.74) is 0.435. The summed E-state index contributed by atoms with van der Waals surface area (Å²) in [6, 6.07) is 9.78. The molecule has 7 heteroatoms. The van der Waals surface area contributed by atoms with Crippen LogP contribution >= 0.6 is 11.8 Å². The number of methoxy groups -OCH3 is 2. The minimum atomic E-state index is -0.914. The molecule has 0 aliphatic carbocycles. The third kappa shape index (κ3) is 3.75. The Morgan fingerprint density at radius 2 is 1.91 bits per heavy atom. The van der Waals surface area contributed by atoms with Gasteiger partial charge in [-0.05, 0) is 17.7 Å². The minimum Gasteiger partial charge on any atom is -0.497 e. The molecule has 0 heterocycles. The highest BCUT2D eigenvalue weighted by molar-refractivity contribution is 7.99. The van der Waals surface area contributed by atoms with Crippen molar-refractivity contribution in [2.45, 2.75) is 16.4 Å². The van der Waals surface area contributed by atoms with E-state index in [9.17, 15) is 14.5 Å². The summed E-state index contributed by atoms with van der Waals surface area (Å²) in [6.45, 7) is 0.485. The van der Waals surface area contributed by atoms with Crippen molar-refractivity contribution in [1.82, 2.24) is 0 Å². The Balaban J connectivity index is 2.34. The number of nitro benzene ring substituents is 1. The summed E-state index contributed by atoms with van der Waals surface area (Å²) in [5.74, 6) is -0.676. The summed E-state index contributed by atoms with van der Waals surface area (Å²) in [5, 5.41) is 11.1. The zero-order chi connectivity index (χ0) is 16.1. The van der Waals surface area contributed by atoms with Crippen LogP contribution in [0.3, 0.4) is 0 Å². The van der Waals surface area contributed by atoms with Crippen LogP contribution < -0.4 is 4.74 Å². The van der Waals surface area contributed by atoms with Gasteiger partial charge >= 0.3 is 5.69 Å². The Hall–Kier alpha value is -2.12. The first-order chi connectivity index (χ1) is 10.5. The summed E-state index contributed by atoms with van der Waals surface area (Å²) in [6.07, 6.45) is 0. The Kier molecular flexibility index (Phi) is 5.35. The predicted molar refractivity (Wildman–Crippen MR) is 80.9 cm³/mol. The van der Waals surface area contributed by atoms with Crippen LogP contribution in [0.5, 0.6) is 5.75 Å². The molecule has 0 aromatic heterocycles. The molecule has 0 aliphatic rings. The molecular formula is C15H14FNO4S. The molecule has 0 spiro atoms. The summed E-state index contributed by atoms with van der Waals surface area (Å²) >= 11 is 1.11. The smallest absolute Gasteiger partial charge is 0.318 e. The first-order valence-electron chi connectivity index (χ1n) is 6.32. The second-order valence-electron chi connectivity index (χ2n) is 4.39. The number of hydrogen-bond donors (Lipinski definition) is 0. The first kappa shape index (κ1) is 16.3. The maximum atomic E-state index is 13.9. The van der Waals surface area contributed by atoms with Crippen LogP contribution in [0.4, 0.5) is 10.1 Å². The molecule has 2 aromatic carbocycles. The molecule has 0 saturated carbocycles. The van der Waals surface area contributed by atoms with Gasteiger partial charge in [0.1, 0.15) is 5.75 Å². The lowest BCUT2D eigenvalue weighted by atomic mass is 10.2. The molecule has 5 nitrogen and oxygen atoms in total. The molecular weight excluding hydrogens is 309 g/mol. The third-order valence-corrected chi connectivity index (χ3v) is 3.92. The standard InChI is InChI=1S/C15H14FNO4S/c1-20-9-10-3-5-12(6-4-10)22-14-8-11(21-2)7-13(16)15(14)17(18)19/h3-8H,9H2,1-2H3. The largest absolute Gasteiger partial charge is 0.497 e. The van der Waals surface area contributed by atoms with Gasteiger partial charge in [-0.1, -0.05) is 23.9 Å². The Morgan fingerprint density at radius 1 is 1.23 bits per heavy atom. The van der Waals surface area contributed by atoms with Crippen molar-refractivity contribution < 1.29 is 18.8 Å². The van der Waals surface area contributed by atoms with E-state index in [1.165, 1.54) is 13.2 Å². The van der Waals surface area contributed by atoms with Crippen LogP contribution in [0.2, 0.25) is 0 Å². The third-order valence-electron chi connectivity index (χ3n) is 2.88. The van der Waals surface area contributed by atoms with Gasteiger partial charge in [0.05, 0.1) is 23.5 Å². The van der Waals surface area contributed by atoms with Crippen molar-refractivity contribution >= 4 is 17.4 Å². The van der Waals surface area contributed by atoms with Crippen LogP contribution in [-0.4, -0.2) is 19.1 Å². The van der Waals surface area contributed by atoms with Crippen molar-refractivity contribution in [2.75, 3.05) is 14.2 Å². The van der Waals surface area contributed by atoms with Gasteiger partial charge in [-0.2, -0.15) is 4.39 Å². The zero-order valence-corrected chi connectivity index (χ0v) is 12.9. The number of benzene rings is 2. The van der Waals surface area contributed by atoms with E-state index in [4.69, 9.17) is 9.47 Å². The van der Waals surface area contributed by atoms with Gasteiger partial charge in [-0.15, -0.1) is 0 Å². The van der Waals surface area contributed by atoms with Crippen molar-refractivity contribution in [3.05, 3.63) is 57.9 Å². The van der Waals surface area contributed by atoms with E-state index >= 15 is 0 Å². The van der Waals surface area contributed by atoms with Gasteiger partial charge < -0.3 is 9.47 Å². The maximum absolute atomic E-state index is 13.9. The number of ether oxygens (including phenoxy) is 2. The number of hydrogen-bond acceptors (Lipinski definition) is 5. The molecule has 0 bridgehead atoms. The fourth-order valence-corrected chi connectivity index (χ4v) is 2.84. The van der Waals surface area contributed by atoms with Gasteiger partial charge in [0, 0.05) is 24.1 Å². The Bertz CT molecular complexity index is 676. The van der Waals surface area contributed by atoms with E-state index in [2.05, 4.69) is 0 Å². The highest BCUT2D eigenvalue weighted by atomic mass is 32.2. The topological polar surface area (TPSA) is 61.6 Å². The van der Waals surface area contributed by atoms with Gasteiger partial charge in [-0.3, -0.25) is 10.1 Å². The van der Waals surface area contributed by atoms with E-state index in [0.717, 1.165) is 28.3 Å². The lowest BCUT2D eigenvalue weighted by Crippen LogP contribution is -1.97. The summed E-state index contributed by atoms with van der Waals surface area (Å²) in [4.78, 5) is 11.3. The molecule has 0 amide bonds. The van der Waals surface area contributed by atoms with Crippen LogP contribution in [0.15, 0.2) is 46.2 Å². The minimum absolute atomic E-state index is 0.196. The number of rotatable bonds is 6. The monoisotopic (exact) mass is 323 g/mol. The molecule has 116 valence electrons. The maximum Gasteiger partial charge on any atom is 0.318 e. The molecule has 2 rings (SSSR count). The van der Waals surface area contributed by atoms with Crippen molar-refractivity contribution in [2.24, 2.45) is 0 Å². The molecule has 0 aliphatic heterocycles. The van der Waals surface area contributed by atoms with Crippen molar-refractivity contribution in [3.63, 3.8) is 0 Å². The summed E-state index contributed by atoms with van der Waals surface area (Å²) < 4.78 is 23.9. The van der Waals surface area contributed by atoms with E-state index in [0.29, 0.717) is 6.61 Å². The fourth-order valence-electron chi connectivity index (χ4n) is 1.87. The molecule has 0 saturated heterocycles. The van der Waals surface area contributed by atoms with E-state index in [-0.39, 0.29) is 10.6 Å². The lowest BCUT2D eigenvalue weighted by Gasteiger charge is -2.07. The molecule has 22 heavy (non-hydrogen) atoms. The quantitative estimate of drug-likeness (QED) is 0.593. The number of nitrogens with zero attached hydrogens (tertiary/aromatic N) is 1. The van der Waals surface area contributed by atoms with Gasteiger partial charge in [-0.25, -0.2) is 0 Å². The van der Waals surface area contributed by atoms with Crippen LogP contribution in [0, 0.1) is 15.9 Å². The number of halogens is 1. The van der Waals surface area contributed by atoms with Gasteiger partial charge in [0.2, 0.25) is 5.82 Å². The molecule has 2 aromatic rings. The second kappa shape index (κ2) is 7.24. The highest BCUT2D eigenvalue weighted by Crippen LogP contribution is 2.39. The van der Waals surface area contributed by atoms with Gasteiger partial charge in [0.15, 0.2) is 0 Å². The van der Waals surface area contributed by atoms with Crippen LogP contribution in [0.25, 0.3) is 0 Å². The molecule has 0 N–H and O–H groups in total. The number of nitro groups is 1. The normalized spacial score (nSPS) is 10.5. The first-order valence-corrected chi connectivity index (χ1v) is 7.14. The molecule has 0 radical (unpaired) electrons. The second-order valence-corrected chi connectivity index (χ2v) is 5.51. The van der Waals surface area contributed by atoms with Crippen molar-refractivity contribution in [1.29, 1.82) is 0 Å².